The van der Waals surface area contributed by atoms with Gasteiger partial charge in [-0.1, -0.05) is 6.07 Å². The lowest BCUT2D eigenvalue weighted by molar-refractivity contribution is -0.131. The SMILES string of the molecule is CC(=O)Oc1cccc(C(=O)N2CCCN(C(=O)c3ccc(-n4cccc4)cc3)CC2)c1. The van der Waals surface area contributed by atoms with Gasteiger partial charge in [0.05, 0.1) is 0 Å². The monoisotopic (exact) mass is 431 g/mol. The second kappa shape index (κ2) is 9.51. The van der Waals surface area contributed by atoms with E-state index in [4.69, 9.17) is 4.74 Å². The van der Waals surface area contributed by atoms with Crippen LogP contribution >= 0.6 is 0 Å². The summed E-state index contributed by atoms with van der Waals surface area (Å²) in [4.78, 5) is 40.7. The van der Waals surface area contributed by atoms with Gasteiger partial charge in [-0.05, 0) is 61.0 Å². The first kappa shape index (κ1) is 21.4. The lowest BCUT2D eigenvalue weighted by Gasteiger charge is -2.22. The summed E-state index contributed by atoms with van der Waals surface area (Å²) in [6, 6.07) is 18.1. The van der Waals surface area contributed by atoms with Crippen molar-refractivity contribution in [2.45, 2.75) is 13.3 Å². The molecule has 0 radical (unpaired) electrons. The van der Waals surface area contributed by atoms with Crippen LogP contribution in [0.1, 0.15) is 34.1 Å². The number of carbonyl (C=O) groups is 3. The molecular weight excluding hydrogens is 406 g/mol. The van der Waals surface area contributed by atoms with Crippen molar-refractivity contribution in [1.82, 2.24) is 14.4 Å². The van der Waals surface area contributed by atoms with Crippen molar-refractivity contribution < 1.29 is 19.1 Å². The highest BCUT2D eigenvalue weighted by atomic mass is 16.5. The largest absolute Gasteiger partial charge is 0.427 e. The van der Waals surface area contributed by atoms with Gasteiger partial charge in [-0.15, -0.1) is 0 Å². The summed E-state index contributed by atoms with van der Waals surface area (Å²) < 4.78 is 7.07. The molecule has 7 heteroatoms. The van der Waals surface area contributed by atoms with Crippen molar-refractivity contribution in [1.29, 1.82) is 0 Å². The van der Waals surface area contributed by atoms with Crippen LogP contribution in [0.5, 0.6) is 5.75 Å². The molecule has 7 nitrogen and oxygen atoms in total. The van der Waals surface area contributed by atoms with Crippen molar-refractivity contribution in [2.24, 2.45) is 0 Å². The zero-order valence-electron chi connectivity index (χ0n) is 17.9. The molecule has 1 aliphatic heterocycles. The summed E-state index contributed by atoms with van der Waals surface area (Å²) in [5, 5.41) is 0. The molecule has 32 heavy (non-hydrogen) atoms. The number of carbonyl (C=O) groups excluding carboxylic acids is 3. The zero-order chi connectivity index (χ0) is 22.5. The van der Waals surface area contributed by atoms with Crippen molar-refractivity contribution in [3.8, 4) is 11.4 Å². The third kappa shape index (κ3) is 4.88. The Balaban J connectivity index is 1.40. The van der Waals surface area contributed by atoms with Gasteiger partial charge < -0.3 is 19.1 Å². The third-order valence-corrected chi connectivity index (χ3v) is 5.43. The van der Waals surface area contributed by atoms with Gasteiger partial charge in [0.1, 0.15) is 5.75 Å². The number of hydrogen-bond acceptors (Lipinski definition) is 4. The van der Waals surface area contributed by atoms with E-state index in [0.717, 1.165) is 5.69 Å². The first-order chi connectivity index (χ1) is 15.5. The number of hydrogen-bond donors (Lipinski definition) is 0. The molecule has 4 rings (SSSR count). The Morgan fingerprint density at radius 2 is 1.38 bits per heavy atom. The fourth-order valence-electron chi connectivity index (χ4n) is 3.83. The predicted molar refractivity (Wildman–Crippen MR) is 120 cm³/mol. The van der Waals surface area contributed by atoms with Crippen LogP contribution in [-0.4, -0.2) is 58.3 Å². The lowest BCUT2D eigenvalue weighted by Crippen LogP contribution is -2.37. The Bertz CT molecular complexity index is 1110. The number of rotatable bonds is 4. The standard InChI is InChI=1S/C25H25N3O4/c1-19(29)32-23-7-4-6-21(18-23)25(31)28-15-5-14-27(16-17-28)24(30)20-8-10-22(11-9-20)26-12-2-3-13-26/h2-4,6-13,18H,5,14-17H2,1H3. The van der Waals surface area contributed by atoms with Crippen molar-refractivity contribution >= 4 is 17.8 Å². The number of ether oxygens (including phenoxy) is 1. The summed E-state index contributed by atoms with van der Waals surface area (Å²) in [5.41, 5.74) is 2.09. The van der Waals surface area contributed by atoms with E-state index in [2.05, 4.69) is 0 Å². The average molecular weight is 431 g/mol. The quantitative estimate of drug-likeness (QED) is 0.469. The molecule has 0 aliphatic carbocycles. The van der Waals surface area contributed by atoms with Gasteiger partial charge in [-0.25, -0.2) is 0 Å². The van der Waals surface area contributed by atoms with Crippen molar-refractivity contribution in [2.75, 3.05) is 26.2 Å². The molecule has 0 saturated carbocycles. The van der Waals surface area contributed by atoms with Gasteiger partial charge in [0.25, 0.3) is 11.8 Å². The normalized spacial score (nSPS) is 14.0. The highest BCUT2D eigenvalue weighted by molar-refractivity contribution is 5.96. The molecule has 2 heterocycles. The minimum atomic E-state index is -0.431. The van der Waals surface area contributed by atoms with E-state index in [0.29, 0.717) is 49.5 Å². The molecule has 1 fully saturated rings. The number of aromatic nitrogens is 1. The highest BCUT2D eigenvalue weighted by Crippen LogP contribution is 2.18. The van der Waals surface area contributed by atoms with Crippen molar-refractivity contribution in [3.63, 3.8) is 0 Å². The molecule has 0 unspecified atom stereocenters. The van der Waals surface area contributed by atoms with Crippen LogP contribution in [0.2, 0.25) is 0 Å². The molecule has 1 aromatic heterocycles. The smallest absolute Gasteiger partial charge is 0.308 e. The summed E-state index contributed by atoms with van der Waals surface area (Å²) in [7, 11) is 0. The molecule has 0 atom stereocenters. The van der Waals surface area contributed by atoms with Crippen LogP contribution in [-0.2, 0) is 4.79 Å². The van der Waals surface area contributed by atoms with Crippen LogP contribution in [0.15, 0.2) is 73.1 Å². The van der Waals surface area contributed by atoms with Crippen LogP contribution in [0.3, 0.4) is 0 Å². The van der Waals surface area contributed by atoms with Gasteiger partial charge >= 0.3 is 5.97 Å². The summed E-state index contributed by atoms with van der Waals surface area (Å²) in [6.45, 7) is 3.39. The Kier molecular flexibility index (Phi) is 6.35. The van der Waals surface area contributed by atoms with Crippen LogP contribution in [0, 0.1) is 0 Å². The summed E-state index contributed by atoms with van der Waals surface area (Å²) in [5.74, 6) is -0.252. The first-order valence-corrected chi connectivity index (χ1v) is 10.6. The Hall–Kier alpha value is -3.87. The maximum absolute atomic E-state index is 13.0. The van der Waals surface area contributed by atoms with E-state index in [-0.39, 0.29) is 11.8 Å². The van der Waals surface area contributed by atoms with E-state index in [9.17, 15) is 14.4 Å². The Morgan fingerprint density at radius 1 is 0.750 bits per heavy atom. The van der Waals surface area contributed by atoms with Gasteiger partial charge in [0.15, 0.2) is 0 Å². The fourth-order valence-corrected chi connectivity index (χ4v) is 3.83. The van der Waals surface area contributed by atoms with Crippen LogP contribution in [0.4, 0.5) is 0 Å². The topological polar surface area (TPSA) is 71.9 Å². The zero-order valence-corrected chi connectivity index (χ0v) is 17.9. The Labute approximate surface area is 186 Å². The molecule has 0 N–H and O–H groups in total. The second-order valence-electron chi connectivity index (χ2n) is 7.70. The number of esters is 1. The molecule has 2 aromatic carbocycles. The number of nitrogens with zero attached hydrogens (tertiary/aromatic N) is 3. The maximum Gasteiger partial charge on any atom is 0.308 e. The third-order valence-electron chi connectivity index (χ3n) is 5.43. The number of benzene rings is 2. The predicted octanol–water partition coefficient (Wildman–Crippen LogP) is 3.39. The first-order valence-electron chi connectivity index (χ1n) is 10.6. The Morgan fingerprint density at radius 3 is 2.00 bits per heavy atom. The van der Waals surface area contributed by atoms with E-state index in [1.807, 2.05) is 53.4 Å². The minimum Gasteiger partial charge on any atom is -0.427 e. The van der Waals surface area contributed by atoms with Crippen molar-refractivity contribution in [3.05, 3.63) is 84.2 Å². The molecule has 0 bridgehead atoms. The average Bonchev–Trinajstić information content (AvgIpc) is 3.23. The van der Waals surface area contributed by atoms with Crippen LogP contribution < -0.4 is 4.74 Å². The van der Waals surface area contributed by atoms with Gasteiger partial charge in [0.2, 0.25) is 0 Å². The van der Waals surface area contributed by atoms with E-state index in [1.54, 1.807) is 34.1 Å². The van der Waals surface area contributed by atoms with E-state index in [1.165, 1.54) is 6.92 Å². The molecule has 3 aromatic rings. The summed E-state index contributed by atoms with van der Waals surface area (Å²) >= 11 is 0. The lowest BCUT2D eigenvalue weighted by atomic mass is 10.1. The molecule has 164 valence electrons. The van der Waals surface area contributed by atoms with E-state index < -0.39 is 5.97 Å². The second-order valence-corrected chi connectivity index (χ2v) is 7.70. The molecule has 1 aliphatic rings. The molecule has 1 saturated heterocycles. The van der Waals surface area contributed by atoms with E-state index >= 15 is 0 Å². The number of amides is 2. The fraction of sp³-hybridized carbons (Fsp3) is 0.240. The molecule has 0 spiro atoms. The van der Waals surface area contributed by atoms with Gasteiger partial charge in [-0.3, -0.25) is 14.4 Å². The minimum absolute atomic E-state index is 0.0322. The van der Waals surface area contributed by atoms with Gasteiger partial charge in [-0.2, -0.15) is 0 Å². The molecule has 2 amide bonds. The highest BCUT2D eigenvalue weighted by Gasteiger charge is 2.24. The summed E-state index contributed by atoms with van der Waals surface area (Å²) in [6.07, 6.45) is 4.61. The van der Waals surface area contributed by atoms with Gasteiger partial charge in [0, 0.05) is 62.3 Å². The van der Waals surface area contributed by atoms with Crippen LogP contribution in [0.25, 0.3) is 5.69 Å². The molecular formula is C25H25N3O4. The maximum atomic E-state index is 13.0.